The number of benzene rings is 1. The monoisotopic (exact) mass is 381 g/mol. The number of hydrogen-bond donors (Lipinski definition) is 2. The van der Waals surface area contributed by atoms with Crippen molar-refractivity contribution in [3.63, 3.8) is 0 Å². The van der Waals surface area contributed by atoms with E-state index in [9.17, 15) is 18.0 Å². The first kappa shape index (κ1) is 20.5. The highest BCUT2D eigenvalue weighted by Gasteiger charge is 2.30. The van der Waals surface area contributed by atoms with Crippen LogP contribution in [-0.2, 0) is 11.0 Å². The predicted molar refractivity (Wildman–Crippen MR) is 96.8 cm³/mol. The highest BCUT2D eigenvalue weighted by Crippen LogP contribution is 2.28. The van der Waals surface area contributed by atoms with Gasteiger partial charge < -0.3 is 15.4 Å². The summed E-state index contributed by atoms with van der Waals surface area (Å²) in [5.74, 6) is 1.02. The summed E-state index contributed by atoms with van der Waals surface area (Å²) >= 11 is 0. The third-order valence-electron chi connectivity index (χ3n) is 3.74. The number of anilines is 1. The second-order valence-corrected chi connectivity index (χ2v) is 6.22. The molecule has 2 N–H and O–H groups in total. The third kappa shape index (κ3) is 6.80. The van der Waals surface area contributed by atoms with Gasteiger partial charge in [-0.05, 0) is 35.7 Å². The Balaban J connectivity index is 1.68. The smallest absolute Gasteiger partial charge is 0.417 e. The minimum atomic E-state index is -4.41. The molecule has 0 aliphatic heterocycles. The number of nitrogens with one attached hydrogen (secondary N) is 2. The number of aromatic nitrogens is 1. The summed E-state index contributed by atoms with van der Waals surface area (Å²) < 4.78 is 42.8. The number of halogens is 3. The van der Waals surface area contributed by atoms with Crippen molar-refractivity contribution in [2.75, 3.05) is 25.0 Å². The molecule has 2 aromatic rings. The molecule has 2 rings (SSSR count). The van der Waals surface area contributed by atoms with Gasteiger partial charge in [-0.3, -0.25) is 4.79 Å². The molecule has 1 heterocycles. The highest BCUT2D eigenvalue weighted by molar-refractivity contribution is 5.77. The van der Waals surface area contributed by atoms with Crippen LogP contribution in [0.1, 0.15) is 30.9 Å². The van der Waals surface area contributed by atoms with Gasteiger partial charge in [0.1, 0.15) is 11.6 Å². The normalized spacial score (nSPS) is 11.3. The van der Waals surface area contributed by atoms with Crippen LogP contribution >= 0.6 is 0 Å². The number of ether oxygens (including phenoxy) is 1. The molecular weight excluding hydrogens is 359 g/mol. The number of amides is 1. The Morgan fingerprint density at radius 3 is 2.59 bits per heavy atom. The van der Waals surface area contributed by atoms with Crippen LogP contribution in [0.3, 0.4) is 0 Å². The Kier molecular flexibility index (Phi) is 7.04. The van der Waals surface area contributed by atoms with Gasteiger partial charge >= 0.3 is 6.18 Å². The molecule has 0 aliphatic rings. The minimum Gasteiger partial charge on any atom is -0.484 e. The van der Waals surface area contributed by atoms with Gasteiger partial charge in [0.05, 0.1) is 5.56 Å². The molecule has 0 bridgehead atoms. The van der Waals surface area contributed by atoms with Gasteiger partial charge in [0.25, 0.3) is 5.91 Å². The highest BCUT2D eigenvalue weighted by atomic mass is 19.4. The van der Waals surface area contributed by atoms with Gasteiger partial charge in [0.15, 0.2) is 6.61 Å². The number of carbonyl (C=O) groups is 1. The van der Waals surface area contributed by atoms with E-state index in [0.717, 1.165) is 17.8 Å². The van der Waals surface area contributed by atoms with Crippen LogP contribution in [0.5, 0.6) is 5.75 Å². The van der Waals surface area contributed by atoms with Crippen molar-refractivity contribution in [2.24, 2.45) is 0 Å². The first-order valence-electron chi connectivity index (χ1n) is 8.52. The van der Waals surface area contributed by atoms with Gasteiger partial charge in [-0.1, -0.05) is 26.0 Å². The maximum atomic E-state index is 12.5. The number of rotatable bonds is 8. The topological polar surface area (TPSA) is 63.2 Å². The van der Waals surface area contributed by atoms with Gasteiger partial charge in [-0.25, -0.2) is 4.98 Å². The van der Waals surface area contributed by atoms with Crippen LogP contribution in [0.15, 0.2) is 42.6 Å². The molecule has 1 aromatic heterocycles. The van der Waals surface area contributed by atoms with Gasteiger partial charge in [0, 0.05) is 19.3 Å². The summed E-state index contributed by atoms with van der Waals surface area (Å²) in [4.78, 5) is 15.5. The minimum absolute atomic E-state index is 0.111. The molecule has 0 aliphatic carbocycles. The molecule has 0 atom stereocenters. The zero-order valence-electron chi connectivity index (χ0n) is 15.1. The van der Waals surface area contributed by atoms with E-state index in [0.29, 0.717) is 24.0 Å². The lowest BCUT2D eigenvalue weighted by atomic mass is 10.0. The summed E-state index contributed by atoms with van der Waals surface area (Å²) in [5.41, 5.74) is 0.321. The quantitative estimate of drug-likeness (QED) is 0.682. The number of pyridine rings is 1. The first-order valence-corrected chi connectivity index (χ1v) is 8.52. The zero-order chi connectivity index (χ0) is 19.9. The fourth-order valence-corrected chi connectivity index (χ4v) is 2.22. The molecule has 0 fully saturated rings. The maximum absolute atomic E-state index is 12.5. The SMILES string of the molecule is CC(C)c1cccc(OCC(=O)NCCNc2ccc(C(F)(F)F)cn2)c1. The number of hydrogen-bond acceptors (Lipinski definition) is 4. The van der Waals surface area contributed by atoms with Crippen LogP contribution < -0.4 is 15.4 Å². The Bertz CT molecular complexity index is 747. The lowest BCUT2D eigenvalue weighted by Crippen LogP contribution is -2.32. The molecular formula is C19H22F3N3O2. The van der Waals surface area contributed by atoms with E-state index in [1.54, 1.807) is 6.07 Å². The van der Waals surface area contributed by atoms with Crippen molar-refractivity contribution in [1.82, 2.24) is 10.3 Å². The molecule has 1 amide bonds. The number of alkyl halides is 3. The Labute approximate surface area is 155 Å². The van der Waals surface area contributed by atoms with Crippen LogP contribution in [-0.4, -0.2) is 30.6 Å². The maximum Gasteiger partial charge on any atom is 0.417 e. The van der Waals surface area contributed by atoms with Crippen molar-refractivity contribution < 1.29 is 22.7 Å². The van der Waals surface area contributed by atoms with E-state index < -0.39 is 11.7 Å². The van der Waals surface area contributed by atoms with Gasteiger partial charge in [0.2, 0.25) is 0 Å². The lowest BCUT2D eigenvalue weighted by molar-refractivity contribution is -0.137. The Morgan fingerprint density at radius 2 is 1.96 bits per heavy atom. The standard InChI is InChI=1S/C19H22F3N3O2/c1-13(2)14-4-3-5-16(10-14)27-12-18(26)24-9-8-23-17-7-6-15(11-25-17)19(20,21)22/h3-7,10-11,13H,8-9,12H2,1-2H3,(H,23,25)(H,24,26). The van der Waals surface area contributed by atoms with E-state index in [4.69, 9.17) is 4.74 Å². The Hall–Kier alpha value is -2.77. The third-order valence-corrected chi connectivity index (χ3v) is 3.74. The number of nitrogens with zero attached hydrogens (tertiary/aromatic N) is 1. The molecule has 0 radical (unpaired) electrons. The summed E-state index contributed by atoms with van der Waals surface area (Å²) in [6, 6.07) is 9.76. The van der Waals surface area contributed by atoms with Crippen molar-refractivity contribution in [1.29, 1.82) is 0 Å². The molecule has 146 valence electrons. The second-order valence-electron chi connectivity index (χ2n) is 6.22. The molecule has 1 aromatic carbocycles. The van der Waals surface area contributed by atoms with Crippen molar-refractivity contribution in [3.05, 3.63) is 53.7 Å². The largest absolute Gasteiger partial charge is 0.484 e. The second kappa shape index (κ2) is 9.25. The molecule has 0 unspecified atom stereocenters. The number of carbonyl (C=O) groups excluding carboxylic acids is 1. The summed E-state index contributed by atoms with van der Waals surface area (Å²) in [5, 5.41) is 5.50. The van der Waals surface area contributed by atoms with Crippen molar-refractivity contribution in [3.8, 4) is 5.75 Å². The summed E-state index contributed by atoms with van der Waals surface area (Å²) in [7, 11) is 0. The molecule has 0 saturated heterocycles. The van der Waals surface area contributed by atoms with E-state index in [1.807, 2.05) is 18.2 Å². The summed E-state index contributed by atoms with van der Waals surface area (Å²) in [6.07, 6.45) is -3.64. The fourth-order valence-electron chi connectivity index (χ4n) is 2.22. The lowest BCUT2D eigenvalue weighted by Gasteiger charge is -2.11. The van der Waals surface area contributed by atoms with E-state index in [1.165, 1.54) is 6.07 Å². The predicted octanol–water partition coefficient (Wildman–Crippen LogP) is 3.83. The molecule has 0 spiro atoms. The van der Waals surface area contributed by atoms with E-state index in [-0.39, 0.29) is 19.1 Å². The van der Waals surface area contributed by atoms with Crippen molar-refractivity contribution in [2.45, 2.75) is 25.9 Å². The average Bonchev–Trinajstić information content (AvgIpc) is 2.63. The molecule has 5 nitrogen and oxygen atoms in total. The van der Waals surface area contributed by atoms with Crippen LogP contribution in [0.2, 0.25) is 0 Å². The van der Waals surface area contributed by atoms with Crippen LogP contribution in [0.25, 0.3) is 0 Å². The fraction of sp³-hybridized carbons (Fsp3) is 0.368. The van der Waals surface area contributed by atoms with Crippen LogP contribution in [0, 0.1) is 0 Å². The van der Waals surface area contributed by atoms with Crippen LogP contribution in [0.4, 0.5) is 19.0 Å². The molecule has 0 saturated carbocycles. The van der Waals surface area contributed by atoms with Gasteiger partial charge in [-0.15, -0.1) is 0 Å². The Morgan fingerprint density at radius 1 is 1.19 bits per heavy atom. The van der Waals surface area contributed by atoms with Crippen molar-refractivity contribution >= 4 is 11.7 Å². The summed E-state index contributed by atoms with van der Waals surface area (Å²) in [6.45, 7) is 4.65. The molecule has 27 heavy (non-hydrogen) atoms. The molecule has 8 heteroatoms. The van der Waals surface area contributed by atoms with Gasteiger partial charge in [-0.2, -0.15) is 13.2 Å². The zero-order valence-corrected chi connectivity index (χ0v) is 15.1. The average molecular weight is 381 g/mol. The van der Waals surface area contributed by atoms with E-state index >= 15 is 0 Å². The first-order chi connectivity index (χ1) is 12.8. The van der Waals surface area contributed by atoms with E-state index in [2.05, 4.69) is 29.5 Å².